The summed E-state index contributed by atoms with van der Waals surface area (Å²) < 4.78 is 5.00. The van der Waals surface area contributed by atoms with Gasteiger partial charge in [0.25, 0.3) is 0 Å². The van der Waals surface area contributed by atoms with Gasteiger partial charge in [0, 0.05) is 25.2 Å². The Morgan fingerprint density at radius 1 is 1.58 bits per heavy atom. The van der Waals surface area contributed by atoms with E-state index >= 15 is 0 Å². The maximum absolute atomic E-state index is 11.0. The van der Waals surface area contributed by atoms with Crippen molar-refractivity contribution in [2.45, 2.75) is 19.0 Å². The Kier molecular flexibility index (Phi) is 4.34. The monoisotopic (exact) mass is 265 g/mol. The van der Waals surface area contributed by atoms with Gasteiger partial charge in [-0.05, 0) is 31.6 Å². The highest BCUT2D eigenvalue weighted by Crippen LogP contribution is 2.28. The molecule has 1 atom stereocenters. The van der Waals surface area contributed by atoms with E-state index in [2.05, 4.69) is 10.2 Å². The topological polar surface area (TPSA) is 67.6 Å². The number of nitrogens with zero attached hydrogens (tertiary/aromatic N) is 2. The Morgan fingerprint density at radius 3 is 2.95 bits per heavy atom. The van der Waals surface area contributed by atoms with E-state index < -0.39 is 4.92 Å². The van der Waals surface area contributed by atoms with Crippen molar-refractivity contribution in [3.05, 3.63) is 33.9 Å². The second-order valence-electron chi connectivity index (χ2n) is 4.83. The number of rotatable bonds is 5. The highest BCUT2D eigenvalue weighted by atomic mass is 16.6. The summed E-state index contributed by atoms with van der Waals surface area (Å²) in [6.45, 7) is 2.73. The van der Waals surface area contributed by atoms with Crippen LogP contribution in [-0.4, -0.2) is 43.1 Å². The van der Waals surface area contributed by atoms with Crippen molar-refractivity contribution >= 4 is 5.69 Å². The zero-order valence-corrected chi connectivity index (χ0v) is 11.3. The van der Waals surface area contributed by atoms with Gasteiger partial charge in [-0.3, -0.25) is 15.0 Å². The van der Waals surface area contributed by atoms with Crippen LogP contribution in [0.5, 0.6) is 5.75 Å². The Morgan fingerprint density at radius 2 is 2.37 bits per heavy atom. The minimum Gasteiger partial charge on any atom is -0.490 e. The van der Waals surface area contributed by atoms with Crippen molar-refractivity contribution in [3.8, 4) is 5.75 Å². The number of likely N-dealkylation sites (N-methyl/N-ethyl adjacent to an activating group) is 1. The molecule has 1 fully saturated rings. The molecule has 0 aliphatic carbocycles. The molecule has 1 unspecified atom stereocenters. The second-order valence-corrected chi connectivity index (χ2v) is 4.83. The lowest BCUT2D eigenvalue weighted by Crippen LogP contribution is -2.32. The molecule has 1 N–H and O–H groups in total. The van der Waals surface area contributed by atoms with Gasteiger partial charge in [-0.2, -0.15) is 0 Å². The van der Waals surface area contributed by atoms with Gasteiger partial charge in [-0.1, -0.05) is 6.07 Å². The third-order valence-corrected chi connectivity index (χ3v) is 3.53. The normalized spacial score (nSPS) is 18.8. The van der Waals surface area contributed by atoms with Crippen LogP contribution in [0.15, 0.2) is 18.2 Å². The summed E-state index contributed by atoms with van der Waals surface area (Å²) >= 11 is 0. The largest absolute Gasteiger partial charge is 0.490 e. The highest BCUT2D eigenvalue weighted by molar-refractivity contribution is 5.48. The molecule has 0 bridgehead atoms. The van der Waals surface area contributed by atoms with Crippen molar-refractivity contribution in [3.63, 3.8) is 0 Å². The molecule has 0 aromatic heterocycles. The summed E-state index contributed by atoms with van der Waals surface area (Å²) in [4.78, 5) is 12.8. The van der Waals surface area contributed by atoms with Gasteiger partial charge in [-0.15, -0.1) is 0 Å². The molecule has 19 heavy (non-hydrogen) atoms. The Labute approximate surface area is 112 Å². The molecule has 1 aliphatic heterocycles. The number of nitro benzene ring substituents is 1. The first-order valence-electron chi connectivity index (χ1n) is 6.34. The SMILES string of the molecule is COc1ccc(CN(C)C2CCNC2)cc1[N+](=O)[O-]. The summed E-state index contributed by atoms with van der Waals surface area (Å²) in [5.74, 6) is 0.305. The Bertz CT molecular complexity index is 458. The van der Waals surface area contributed by atoms with E-state index in [0.717, 1.165) is 25.1 Å². The van der Waals surface area contributed by atoms with Crippen LogP contribution in [0.2, 0.25) is 0 Å². The maximum Gasteiger partial charge on any atom is 0.311 e. The third kappa shape index (κ3) is 3.21. The molecule has 1 aromatic carbocycles. The van der Waals surface area contributed by atoms with Crippen molar-refractivity contribution < 1.29 is 9.66 Å². The molecular weight excluding hydrogens is 246 g/mol. The average molecular weight is 265 g/mol. The Balaban J connectivity index is 2.11. The number of nitro groups is 1. The first kappa shape index (κ1) is 13.8. The maximum atomic E-state index is 11.0. The molecule has 6 heteroatoms. The molecule has 6 nitrogen and oxygen atoms in total. The average Bonchev–Trinajstić information content (AvgIpc) is 2.92. The van der Waals surface area contributed by atoms with Crippen LogP contribution >= 0.6 is 0 Å². The smallest absolute Gasteiger partial charge is 0.311 e. The number of nitrogens with one attached hydrogen (secondary N) is 1. The summed E-state index contributed by atoms with van der Waals surface area (Å²) in [7, 11) is 3.49. The summed E-state index contributed by atoms with van der Waals surface area (Å²) in [6.07, 6.45) is 1.12. The predicted octanol–water partition coefficient (Wildman–Crippen LogP) is 1.40. The molecule has 1 aliphatic rings. The van der Waals surface area contributed by atoms with Gasteiger partial charge in [-0.25, -0.2) is 0 Å². The van der Waals surface area contributed by atoms with Crippen LogP contribution in [0.4, 0.5) is 5.69 Å². The van der Waals surface area contributed by atoms with Gasteiger partial charge >= 0.3 is 5.69 Å². The van der Waals surface area contributed by atoms with Gasteiger partial charge in [0.05, 0.1) is 12.0 Å². The molecule has 1 aromatic rings. The van der Waals surface area contributed by atoms with E-state index in [-0.39, 0.29) is 5.69 Å². The molecular formula is C13H19N3O3. The summed E-state index contributed by atoms with van der Waals surface area (Å²) in [6, 6.07) is 5.64. The van der Waals surface area contributed by atoms with E-state index in [0.29, 0.717) is 18.3 Å². The summed E-state index contributed by atoms with van der Waals surface area (Å²) in [5, 5.41) is 14.3. The number of ether oxygens (including phenoxy) is 1. The molecule has 2 rings (SSSR count). The molecule has 0 radical (unpaired) electrons. The molecule has 1 heterocycles. The van der Waals surface area contributed by atoms with Crippen LogP contribution in [0.25, 0.3) is 0 Å². The lowest BCUT2D eigenvalue weighted by Gasteiger charge is -2.23. The van der Waals surface area contributed by atoms with Gasteiger partial charge in [0.1, 0.15) is 0 Å². The molecule has 0 saturated carbocycles. The molecule has 104 valence electrons. The van der Waals surface area contributed by atoms with Gasteiger partial charge in [0.2, 0.25) is 0 Å². The zero-order chi connectivity index (χ0) is 13.8. The first-order valence-corrected chi connectivity index (χ1v) is 6.34. The van der Waals surface area contributed by atoms with E-state index in [1.54, 1.807) is 12.1 Å². The van der Waals surface area contributed by atoms with Crippen molar-refractivity contribution in [1.29, 1.82) is 0 Å². The number of hydrogen-bond acceptors (Lipinski definition) is 5. The predicted molar refractivity (Wildman–Crippen MR) is 72.4 cm³/mol. The van der Waals surface area contributed by atoms with Gasteiger partial charge < -0.3 is 10.1 Å². The van der Waals surface area contributed by atoms with Crippen LogP contribution in [0.1, 0.15) is 12.0 Å². The molecule has 0 spiro atoms. The van der Waals surface area contributed by atoms with E-state index in [1.807, 2.05) is 13.1 Å². The summed E-state index contributed by atoms with van der Waals surface area (Å²) in [5.41, 5.74) is 0.958. The van der Waals surface area contributed by atoms with Crippen LogP contribution in [0.3, 0.4) is 0 Å². The lowest BCUT2D eigenvalue weighted by molar-refractivity contribution is -0.385. The van der Waals surface area contributed by atoms with Crippen molar-refractivity contribution in [1.82, 2.24) is 10.2 Å². The van der Waals surface area contributed by atoms with Crippen LogP contribution in [-0.2, 0) is 6.54 Å². The lowest BCUT2D eigenvalue weighted by atomic mass is 10.1. The standard InChI is InChI=1S/C13H19N3O3/c1-15(11-5-6-14-8-11)9-10-3-4-13(19-2)12(7-10)16(17)18/h3-4,7,11,14H,5-6,8-9H2,1-2H3. The van der Waals surface area contributed by atoms with E-state index in [1.165, 1.54) is 7.11 Å². The number of methoxy groups -OCH3 is 1. The fourth-order valence-electron chi connectivity index (χ4n) is 2.41. The minimum atomic E-state index is -0.403. The molecule has 1 saturated heterocycles. The third-order valence-electron chi connectivity index (χ3n) is 3.53. The minimum absolute atomic E-state index is 0.0259. The fourth-order valence-corrected chi connectivity index (χ4v) is 2.41. The number of hydrogen-bond donors (Lipinski definition) is 1. The van der Waals surface area contributed by atoms with E-state index in [4.69, 9.17) is 4.74 Å². The van der Waals surface area contributed by atoms with Crippen molar-refractivity contribution in [2.75, 3.05) is 27.2 Å². The van der Waals surface area contributed by atoms with E-state index in [9.17, 15) is 10.1 Å². The van der Waals surface area contributed by atoms with Gasteiger partial charge in [0.15, 0.2) is 5.75 Å². The first-order chi connectivity index (χ1) is 9.11. The zero-order valence-electron chi connectivity index (χ0n) is 11.3. The quantitative estimate of drug-likeness (QED) is 0.644. The fraction of sp³-hybridized carbons (Fsp3) is 0.538. The number of benzene rings is 1. The van der Waals surface area contributed by atoms with Crippen molar-refractivity contribution in [2.24, 2.45) is 0 Å². The Hall–Kier alpha value is -1.66. The van der Waals surface area contributed by atoms with Crippen LogP contribution < -0.4 is 10.1 Å². The molecule has 0 amide bonds. The highest BCUT2D eigenvalue weighted by Gasteiger charge is 2.21. The second kappa shape index (κ2) is 5.99. The van der Waals surface area contributed by atoms with Crippen LogP contribution in [0, 0.1) is 10.1 Å².